The highest BCUT2D eigenvalue weighted by molar-refractivity contribution is 6.10. The summed E-state index contributed by atoms with van der Waals surface area (Å²) >= 11 is 0. The predicted molar refractivity (Wildman–Crippen MR) is 119 cm³/mol. The molecule has 1 fully saturated rings. The molecule has 2 N–H and O–H groups in total. The smallest absolute Gasteiger partial charge is 0.407 e. The first-order valence-electron chi connectivity index (χ1n) is 10.6. The largest absolute Gasteiger partial charge is 0.492 e. The number of amides is 3. The number of imide groups is 1. The molecule has 1 aliphatic rings. The van der Waals surface area contributed by atoms with Crippen LogP contribution >= 0.6 is 0 Å². The van der Waals surface area contributed by atoms with E-state index in [1.54, 1.807) is 27.0 Å². The molecule has 1 aliphatic heterocycles. The summed E-state index contributed by atoms with van der Waals surface area (Å²) in [6, 6.07) is 9.47. The van der Waals surface area contributed by atoms with E-state index in [0.717, 1.165) is 21.7 Å². The normalized spacial score (nSPS) is 16.8. The Morgan fingerprint density at radius 3 is 2.78 bits per heavy atom. The SMILES string of the molecule is CC(C)(C)OC(=O)NCCOc1ccc2c(ccc3occ([C@H]4CCC(=O)NC4=O)c32)c1. The molecular formula is C24H26N2O6. The zero-order valence-corrected chi connectivity index (χ0v) is 18.3. The Kier molecular flexibility index (Phi) is 5.78. The Bertz CT molecular complexity index is 1190. The van der Waals surface area contributed by atoms with Crippen LogP contribution in [-0.4, -0.2) is 36.7 Å². The molecule has 0 radical (unpaired) electrons. The molecule has 8 heteroatoms. The number of piperidine rings is 1. The van der Waals surface area contributed by atoms with Gasteiger partial charge in [-0.1, -0.05) is 6.07 Å². The first-order chi connectivity index (χ1) is 15.2. The molecule has 3 aromatic rings. The molecule has 8 nitrogen and oxygen atoms in total. The molecular weight excluding hydrogens is 412 g/mol. The highest BCUT2D eigenvalue weighted by Gasteiger charge is 2.31. The number of alkyl carbamates (subject to hydrolysis) is 1. The third-order valence-electron chi connectivity index (χ3n) is 5.21. The van der Waals surface area contributed by atoms with Crippen molar-refractivity contribution in [3.8, 4) is 5.75 Å². The summed E-state index contributed by atoms with van der Waals surface area (Å²) in [4.78, 5) is 35.6. The molecule has 1 atom stereocenters. The van der Waals surface area contributed by atoms with E-state index in [4.69, 9.17) is 13.9 Å². The minimum atomic E-state index is -0.547. The van der Waals surface area contributed by atoms with Gasteiger partial charge in [-0.3, -0.25) is 14.9 Å². The molecule has 0 aliphatic carbocycles. The number of hydrogen-bond donors (Lipinski definition) is 2. The standard InChI is InChI=1S/C24H26N2O6/c1-24(2,3)32-23(29)25-10-11-30-15-5-6-16-14(12-15)4-8-19-21(16)18(13-31-19)17-7-9-20(27)26-22(17)28/h4-6,8,12-13,17H,7,9-11H2,1-3H3,(H,25,29)(H,26,27,28)/t17-/m1/s1. The van der Waals surface area contributed by atoms with Crippen LogP contribution in [0.5, 0.6) is 5.75 Å². The van der Waals surface area contributed by atoms with E-state index in [0.29, 0.717) is 37.3 Å². The van der Waals surface area contributed by atoms with Gasteiger partial charge in [-0.25, -0.2) is 4.79 Å². The minimum absolute atomic E-state index is 0.244. The third kappa shape index (κ3) is 4.69. The van der Waals surface area contributed by atoms with E-state index in [1.807, 2.05) is 30.3 Å². The van der Waals surface area contributed by atoms with Gasteiger partial charge in [0.1, 0.15) is 23.5 Å². The molecule has 0 unspecified atom stereocenters. The highest BCUT2D eigenvalue weighted by Crippen LogP contribution is 2.37. The fourth-order valence-electron chi connectivity index (χ4n) is 3.84. The molecule has 0 bridgehead atoms. The second kappa shape index (κ2) is 8.53. The molecule has 2 aromatic carbocycles. The maximum atomic E-state index is 12.4. The van der Waals surface area contributed by atoms with Crippen LogP contribution < -0.4 is 15.4 Å². The van der Waals surface area contributed by atoms with Crippen LogP contribution in [0.2, 0.25) is 0 Å². The lowest BCUT2D eigenvalue weighted by atomic mass is 9.89. The number of fused-ring (bicyclic) bond motifs is 3. The number of furan rings is 1. The van der Waals surface area contributed by atoms with Crippen molar-refractivity contribution in [2.75, 3.05) is 13.2 Å². The van der Waals surface area contributed by atoms with Crippen molar-refractivity contribution in [3.63, 3.8) is 0 Å². The van der Waals surface area contributed by atoms with E-state index in [2.05, 4.69) is 10.6 Å². The topological polar surface area (TPSA) is 107 Å². The summed E-state index contributed by atoms with van der Waals surface area (Å²) < 4.78 is 16.7. The van der Waals surface area contributed by atoms with Crippen LogP contribution in [0.15, 0.2) is 41.0 Å². The van der Waals surface area contributed by atoms with Gasteiger partial charge in [0.25, 0.3) is 0 Å². The summed E-state index contributed by atoms with van der Waals surface area (Å²) in [6.07, 6.45) is 1.89. The first-order valence-corrected chi connectivity index (χ1v) is 10.6. The van der Waals surface area contributed by atoms with Gasteiger partial charge >= 0.3 is 6.09 Å². The second-order valence-corrected chi connectivity index (χ2v) is 8.79. The fraction of sp³-hybridized carbons (Fsp3) is 0.375. The van der Waals surface area contributed by atoms with E-state index in [-0.39, 0.29) is 11.8 Å². The number of carbonyl (C=O) groups excluding carboxylic acids is 3. The lowest BCUT2D eigenvalue weighted by Gasteiger charge is -2.20. The molecule has 0 spiro atoms. The van der Waals surface area contributed by atoms with Crippen molar-refractivity contribution in [3.05, 3.63) is 42.2 Å². The van der Waals surface area contributed by atoms with E-state index >= 15 is 0 Å². The summed E-state index contributed by atoms with van der Waals surface area (Å²) in [6.45, 7) is 6.02. The van der Waals surface area contributed by atoms with Gasteiger partial charge in [-0.15, -0.1) is 0 Å². The Hall–Kier alpha value is -3.55. The maximum Gasteiger partial charge on any atom is 0.407 e. The second-order valence-electron chi connectivity index (χ2n) is 8.79. The predicted octanol–water partition coefficient (Wildman–Crippen LogP) is 4.01. The molecule has 1 aromatic heterocycles. The van der Waals surface area contributed by atoms with E-state index in [1.165, 1.54) is 0 Å². The molecule has 4 rings (SSSR count). The molecule has 1 saturated heterocycles. The number of rotatable bonds is 5. The van der Waals surface area contributed by atoms with Crippen molar-refractivity contribution in [1.82, 2.24) is 10.6 Å². The number of nitrogens with one attached hydrogen (secondary N) is 2. The average molecular weight is 438 g/mol. The van der Waals surface area contributed by atoms with Gasteiger partial charge in [0.15, 0.2) is 0 Å². The molecule has 3 amide bonds. The van der Waals surface area contributed by atoms with E-state index < -0.39 is 17.6 Å². The fourth-order valence-corrected chi connectivity index (χ4v) is 3.84. The van der Waals surface area contributed by atoms with Crippen LogP contribution in [0, 0.1) is 0 Å². The summed E-state index contributed by atoms with van der Waals surface area (Å²) in [5, 5.41) is 7.81. The number of benzene rings is 2. The van der Waals surface area contributed by atoms with Crippen LogP contribution in [0.4, 0.5) is 4.79 Å². The third-order valence-corrected chi connectivity index (χ3v) is 5.21. The summed E-state index contributed by atoms with van der Waals surface area (Å²) in [5.74, 6) is -0.298. The van der Waals surface area contributed by atoms with Gasteiger partial charge < -0.3 is 19.2 Å². The minimum Gasteiger partial charge on any atom is -0.492 e. The van der Waals surface area contributed by atoms with Gasteiger partial charge in [-0.05, 0) is 62.2 Å². The number of ether oxygens (including phenoxy) is 2. The van der Waals surface area contributed by atoms with Crippen molar-refractivity contribution in [2.45, 2.75) is 45.1 Å². The van der Waals surface area contributed by atoms with Crippen molar-refractivity contribution in [2.24, 2.45) is 0 Å². The molecule has 32 heavy (non-hydrogen) atoms. The molecule has 2 heterocycles. The lowest BCUT2D eigenvalue weighted by molar-refractivity contribution is -0.134. The zero-order valence-electron chi connectivity index (χ0n) is 18.3. The van der Waals surface area contributed by atoms with Crippen molar-refractivity contribution < 1.29 is 28.3 Å². The van der Waals surface area contributed by atoms with Crippen LogP contribution in [0.1, 0.15) is 45.1 Å². The lowest BCUT2D eigenvalue weighted by Crippen LogP contribution is -2.39. The van der Waals surface area contributed by atoms with Gasteiger partial charge in [-0.2, -0.15) is 0 Å². The highest BCUT2D eigenvalue weighted by atomic mass is 16.6. The van der Waals surface area contributed by atoms with Crippen LogP contribution in [0.25, 0.3) is 21.7 Å². The average Bonchev–Trinajstić information content (AvgIpc) is 3.14. The van der Waals surface area contributed by atoms with E-state index in [9.17, 15) is 14.4 Å². The summed E-state index contributed by atoms with van der Waals surface area (Å²) in [5.41, 5.74) is 0.923. The summed E-state index contributed by atoms with van der Waals surface area (Å²) in [7, 11) is 0. The molecule has 0 saturated carbocycles. The number of hydrogen-bond acceptors (Lipinski definition) is 6. The quantitative estimate of drug-likeness (QED) is 0.460. The van der Waals surface area contributed by atoms with Crippen molar-refractivity contribution in [1.29, 1.82) is 0 Å². The Morgan fingerprint density at radius 1 is 1.22 bits per heavy atom. The monoisotopic (exact) mass is 438 g/mol. The Labute approximate surface area is 185 Å². The zero-order chi connectivity index (χ0) is 22.9. The van der Waals surface area contributed by atoms with Crippen LogP contribution in [0.3, 0.4) is 0 Å². The van der Waals surface area contributed by atoms with Gasteiger partial charge in [0.2, 0.25) is 11.8 Å². The Balaban J connectivity index is 1.49. The number of carbonyl (C=O) groups is 3. The maximum absolute atomic E-state index is 12.4. The van der Waals surface area contributed by atoms with Crippen LogP contribution in [-0.2, 0) is 14.3 Å². The van der Waals surface area contributed by atoms with Gasteiger partial charge in [0.05, 0.1) is 18.7 Å². The Morgan fingerprint density at radius 2 is 2.03 bits per heavy atom. The first kappa shape index (κ1) is 21.7. The van der Waals surface area contributed by atoms with Gasteiger partial charge in [0, 0.05) is 17.4 Å². The van der Waals surface area contributed by atoms with Crippen molar-refractivity contribution >= 4 is 39.6 Å². The molecule has 168 valence electrons.